The molecular weight excluding hydrogens is 451 g/mol. The van der Waals surface area contributed by atoms with Crippen molar-refractivity contribution in [2.75, 3.05) is 32.6 Å². The molecule has 7 nitrogen and oxygen atoms in total. The molecule has 1 heterocycles. The van der Waals surface area contributed by atoms with Gasteiger partial charge in [-0.15, -0.1) is 0 Å². The second-order valence-electron chi connectivity index (χ2n) is 6.84. The third-order valence-electron chi connectivity index (χ3n) is 4.93. The Bertz CT molecular complexity index is 1050. The monoisotopic (exact) mass is 472 g/mol. The molecule has 1 aliphatic heterocycles. The Balaban J connectivity index is 1.79. The molecule has 0 bridgehead atoms. The molecule has 0 saturated carbocycles. The van der Waals surface area contributed by atoms with E-state index < -0.39 is 15.9 Å². The summed E-state index contributed by atoms with van der Waals surface area (Å²) in [5.41, 5.74) is 0.504. The van der Waals surface area contributed by atoms with Crippen LogP contribution in [0.3, 0.4) is 0 Å². The SMILES string of the molecule is COc1ccc(OC)c(S(=O)(=O)N2CCC[C@@H](C(=O)Nc3ccc(Cl)c(Cl)c3)C2)c1. The number of ether oxygens (including phenoxy) is 2. The molecule has 1 N–H and O–H groups in total. The Hall–Kier alpha value is -2.00. The van der Waals surface area contributed by atoms with Gasteiger partial charge in [-0.2, -0.15) is 4.31 Å². The minimum absolute atomic E-state index is 0.00916. The molecule has 1 atom stereocenters. The average molecular weight is 473 g/mol. The van der Waals surface area contributed by atoms with Gasteiger partial charge in [0.25, 0.3) is 0 Å². The lowest BCUT2D eigenvalue weighted by Gasteiger charge is -2.31. The molecule has 162 valence electrons. The molecule has 1 saturated heterocycles. The van der Waals surface area contributed by atoms with E-state index in [1.807, 2.05) is 0 Å². The number of rotatable bonds is 6. The second-order valence-corrected chi connectivity index (χ2v) is 9.56. The maximum Gasteiger partial charge on any atom is 0.246 e. The van der Waals surface area contributed by atoms with Crippen molar-refractivity contribution >= 4 is 44.8 Å². The number of benzene rings is 2. The molecule has 2 aromatic rings. The zero-order chi connectivity index (χ0) is 21.9. The first-order valence-electron chi connectivity index (χ1n) is 9.24. The normalized spacial score (nSPS) is 17.4. The van der Waals surface area contributed by atoms with Crippen LogP contribution in [0.5, 0.6) is 11.5 Å². The van der Waals surface area contributed by atoms with Crippen LogP contribution in [-0.4, -0.2) is 45.9 Å². The second kappa shape index (κ2) is 9.43. The summed E-state index contributed by atoms with van der Waals surface area (Å²) in [6.07, 6.45) is 1.14. The van der Waals surface area contributed by atoms with Gasteiger partial charge in [0.15, 0.2) is 0 Å². The number of hydrogen-bond donors (Lipinski definition) is 1. The molecule has 30 heavy (non-hydrogen) atoms. The number of sulfonamides is 1. The highest BCUT2D eigenvalue weighted by atomic mass is 35.5. The summed E-state index contributed by atoms with van der Waals surface area (Å²) in [4.78, 5) is 12.8. The Morgan fingerprint density at radius 3 is 2.53 bits per heavy atom. The Labute approximate surface area is 185 Å². The minimum atomic E-state index is -3.88. The molecule has 0 aliphatic carbocycles. The lowest BCUT2D eigenvalue weighted by molar-refractivity contribution is -0.120. The van der Waals surface area contributed by atoms with Crippen LogP contribution in [0.25, 0.3) is 0 Å². The molecule has 1 fully saturated rings. The number of nitrogens with zero attached hydrogens (tertiary/aromatic N) is 1. The predicted octanol–water partition coefficient (Wildman–Crippen LogP) is 4.05. The number of halogens is 2. The summed E-state index contributed by atoms with van der Waals surface area (Å²) in [5.74, 6) is -0.149. The summed E-state index contributed by atoms with van der Waals surface area (Å²) in [6, 6.07) is 9.39. The molecule has 0 unspecified atom stereocenters. The summed E-state index contributed by atoms with van der Waals surface area (Å²) in [6.45, 7) is 0.384. The van der Waals surface area contributed by atoms with Crippen molar-refractivity contribution < 1.29 is 22.7 Å². The number of methoxy groups -OCH3 is 2. The van der Waals surface area contributed by atoms with Crippen LogP contribution in [-0.2, 0) is 14.8 Å². The summed E-state index contributed by atoms with van der Waals surface area (Å²) in [7, 11) is -1.01. The van der Waals surface area contributed by atoms with Gasteiger partial charge in [-0.3, -0.25) is 4.79 Å². The molecule has 10 heteroatoms. The van der Waals surface area contributed by atoms with Crippen molar-refractivity contribution in [1.82, 2.24) is 4.31 Å². The van der Waals surface area contributed by atoms with E-state index in [-0.39, 0.29) is 23.1 Å². The Morgan fingerprint density at radius 1 is 1.10 bits per heavy atom. The van der Waals surface area contributed by atoms with E-state index in [1.165, 1.54) is 24.6 Å². The first-order valence-corrected chi connectivity index (χ1v) is 11.4. The predicted molar refractivity (Wildman–Crippen MR) is 116 cm³/mol. The number of carbonyl (C=O) groups is 1. The molecule has 1 amide bonds. The van der Waals surface area contributed by atoms with E-state index in [2.05, 4.69) is 5.32 Å². The first-order chi connectivity index (χ1) is 14.3. The van der Waals surface area contributed by atoms with Crippen molar-refractivity contribution in [1.29, 1.82) is 0 Å². The largest absolute Gasteiger partial charge is 0.497 e. The minimum Gasteiger partial charge on any atom is -0.497 e. The van der Waals surface area contributed by atoms with Gasteiger partial charge in [-0.05, 0) is 43.2 Å². The number of anilines is 1. The van der Waals surface area contributed by atoms with Crippen molar-refractivity contribution in [2.45, 2.75) is 17.7 Å². The zero-order valence-corrected chi connectivity index (χ0v) is 18.9. The quantitative estimate of drug-likeness (QED) is 0.685. The Kier molecular flexibility index (Phi) is 7.13. The van der Waals surface area contributed by atoms with Gasteiger partial charge in [0, 0.05) is 24.8 Å². The van der Waals surface area contributed by atoms with Crippen LogP contribution >= 0.6 is 23.2 Å². The van der Waals surface area contributed by atoms with Crippen LogP contribution < -0.4 is 14.8 Å². The van der Waals surface area contributed by atoms with Crippen LogP contribution in [0.2, 0.25) is 10.0 Å². The van der Waals surface area contributed by atoms with Crippen molar-refractivity contribution in [3.8, 4) is 11.5 Å². The van der Waals surface area contributed by atoms with Gasteiger partial charge in [0.05, 0.1) is 30.2 Å². The van der Waals surface area contributed by atoms with Gasteiger partial charge >= 0.3 is 0 Å². The summed E-state index contributed by atoms with van der Waals surface area (Å²) in [5, 5.41) is 3.50. The fourth-order valence-electron chi connectivity index (χ4n) is 3.32. The molecule has 0 spiro atoms. The molecule has 0 radical (unpaired) electrons. The fourth-order valence-corrected chi connectivity index (χ4v) is 5.31. The maximum absolute atomic E-state index is 13.3. The lowest BCUT2D eigenvalue weighted by atomic mass is 9.99. The molecule has 1 aliphatic rings. The molecule has 2 aromatic carbocycles. The highest BCUT2D eigenvalue weighted by molar-refractivity contribution is 7.89. The number of nitrogens with one attached hydrogen (secondary N) is 1. The van der Waals surface area contributed by atoms with Crippen molar-refractivity contribution in [2.24, 2.45) is 5.92 Å². The van der Waals surface area contributed by atoms with Gasteiger partial charge in [-0.1, -0.05) is 23.2 Å². The van der Waals surface area contributed by atoms with Crippen LogP contribution in [0.1, 0.15) is 12.8 Å². The van der Waals surface area contributed by atoms with Crippen molar-refractivity contribution in [3.05, 3.63) is 46.4 Å². The number of carbonyl (C=O) groups excluding carboxylic acids is 1. The number of hydrogen-bond acceptors (Lipinski definition) is 5. The summed E-state index contributed by atoms with van der Waals surface area (Å²) < 4.78 is 38.2. The molecule has 3 rings (SSSR count). The van der Waals surface area contributed by atoms with Gasteiger partial charge in [0.2, 0.25) is 15.9 Å². The van der Waals surface area contributed by atoms with E-state index in [0.29, 0.717) is 40.9 Å². The molecular formula is C20H22Cl2N2O5S. The highest BCUT2D eigenvalue weighted by Crippen LogP contribution is 2.33. The van der Waals surface area contributed by atoms with E-state index in [9.17, 15) is 13.2 Å². The third kappa shape index (κ3) is 4.83. The van der Waals surface area contributed by atoms with Crippen molar-refractivity contribution in [3.63, 3.8) is 0 Å². The number of amides is 1. The smallest absolute Gasteiger partial charge is 0.246 e. The van der Waals surface area contributed by atoms with E-state index in [1.54, 1.807) is 30.3 Å². The van der Waals surface area contributed by atoms with Gasteiger partial charge in [0.1, 0.15) is 16.4 Å². The van der Waals surface area contributed by atoms with Crippen LogP contribution in [0, 0.1) is 5.92 Å². The van der Waals surface area contributed by atoms with Gasteiger partial charge < -0.3 is 14.8 Å². The lowest BCUT2D eigenvalue weighted by Crippen LogP contribution is -2.43. The van der Waals surface area contributed by atoms with Crippen LogP contribution in [0.15, 0.2) is 41.3 Å². The third-order valence-corrected chi connectivity index (χ3v) is 7.56. The fraction of sp³-hybridized carbons (Fsp3) is 0.350. The number of piperidine rings is 1. The topological polar surface area (TPSA) is 84.9 Å². The molecule has 0 aromatic heterocycles. The summed E-state index contributed by atoms with van der Waals surface area (Å²) >= 11 is 11.9. The average Bonchev–Trinajstić information content (AvgIpc) is 2.75. The van der Waals surface area contributed by atoms with E-state index in [4.69, 9.17) is 32.7 Å². The highest BCUT2D eigenvalue weighted by Gasteiger charge is 2.35. The standard InChI is InChI=1S/C20H22Cl2N2O5S/c1-28-15-6-8-18(29-2)19(11-15)30(26,27)24-9-3-4-13(12-24)20(25)23-14-5-7-16(21)17(22)10-14/h5-8,10-11,13H,3-4,9,12H2,1-2H3,(H,23,25)/t13-/m1/s1. The van der Waals surface area contributed by atoms with E-state index >= 15 is 0 Å². The van der Waals surface area contributed by atoms with Crippen LogP contribution in [0.4, 0.5) is 5.69 Å². The van der Waals surface area contributed by atoms with Gasteiger partial charge in [-0.25, -0.2) is 8.42 Å². The zero-order valence-electron chi connectivity index (χ0n) is 16.5. The maximum atomic E-state index is 13.3. The van der Waals surface area contributed by atoms with E-state index in [0.717, 1.165) is 0 Å². The first kappa shape index (κ1) is 22.7. The Morgan fingerprint density at radius 2 is 1.87 bits per heavy atom.